The van der Waals surface area contributed by atoms with Crippen LogP contribution in [0.5, 0.6) is 0 Å². The van der Waals surface area contributed by atoms with Crippen molar-refractivity contribution in [3.8, 4) is 6.07 Å². The smallest absolute Gasteiger partial charge is 0.244 e. The van der Waals surface area contributed by atoms with Crippen molar-refractivity contribution in [2.75, 3.05) is 13.1 Å². The van der Waals surface area contributed by atoms with E-state index in [2.05, 4.69) is 16.0 Å². The number of hydrogen-bond acceptors (Lipinski definition) is 6. The van der Waals surface area contributed by atoms with Gasteiger partial charge in [0, 0.05) is 29.9 Å². The Hall–Kier alpha value is -1.95. The van der Waals surface area contributed by atoms with E-state index in [9.17, 15) is 13.7 Å². The van der Waals surface area contributed by atoms with Crippen molar-refractivity contribution in [1.82, 2.24) is 14.3 Å². The maximum absolute atomic E-state index is 12.5. The van der Waals surface area contributed by atoms with Crippen LogP contribution in [-0.2, 0) is 10.0 Å². The number of nitriles is 1. The van der Waals surface area contributed by atoms with Crippen LogP contribution in [0, 0.1) is 25.2 Å². The van der Waals surface area contributed by atoms with Gasteiger partial charge in [0.25, 0.3) is 0 Å². The molecule has 8 heteroatoms. The quantitative estimate of drug-likeness (QED) is 0.770. The van der Waals surface area contributed by atoms with Gasteiger partial charge >= 0.3 is 0 Å². The molecule has 6 nitrogen and oxygen atoms in total. The predicted molar refractivity (Wildman–Crippen MR) is 96.9 cm³/mol. The van der Waals surface area contributed by atoms with Crippen LogP contribution in [-0.4, -0.2) is 35.8 Å². The molecule has 132 valence electrons. The zero-order valence-corrected chi connectivity index (χ0v) is 16.3. The number of hydrogen-bond donors (Lipinski definition) is 0. The fourth-order valence-electron chi connectivity index (χ4n) is 2.41. The van der Waals surface area contributed by atoms with Gasteiger partial charge in [-0.15, -0.1) is 0 Å². The molecule has 0 N–H and O–H groups in total. The van der Waals surface area contributed by atoms with Gasteiger partial charge in [-0.2, -0.15) is 9.57 Å². The summed E-state index contributed by atoms with van der Waals surface area (Å²) < 4.78 is 26.4. The Labute approximate surface area is 153 Å². The van der Waals surface area contributed by atoms with E-state index in [1.54, 1.807) is 32.9 Å². The van der Waals surface area contributed by atoms with Crippen LogP contribution in [0.4, 0.5) is 0 Å². The lowest BCUT2D eigenvalue weighted by Crippen LogP contribution is -2.30. The van der Waals surface area contributed by atoms with Crippen LogP contribution in [0.1, 0.15) is 30.8 Å². The molecule has 0 unspecified atom stereocenters. The third-order valence-corrected chi connectivity index (χ3v) is 6.70. The monoisotopic (exact) mass is 376 g/mol. The number of pyridine rings is 2. The van der Waals surface area contributed by atoms with E-state index < -0.39 is 10.0 Å². The summed E-state index contributed by atoms with van der Waals surface area (Å²) in [7, 11) is -3.52. The Morgan fingerprint density at radius 3 is 2.44 bits per heavy atom. The normalized spacial score (nSPS) is 11.5. The molecule has 2 aromatic heterocycles. The molecule has 25 heavy (non-hydrogen) atoms. The third-order valence-electron chi connectivity index (χ3n) is 3.67. The molecule has 0 spiro atoms. The minimum atomic E-state index is -3.52. The average molecular weight is 377 g/mol. The lowest BCUT2D eigenvalue weighted by atomic mass is 10.2. The van der Waals surface area contributed by atoms with Crippen molar-refractivity contribution >= 4 is 21.8 Å². The highest BCUT2D eigenvalue weighted by Crippen LogP contribution is 2.31. The van der Waals surface area contributed by atoms with E-state index in [1.807, 2.05) is 13.0 Å². The lowest BCUT2D eigenvalue weighted by molar-refractivity contribution is 0.445. The molecule has 0 aliphatic rings. The lowest BCUT2D eigenvalue weighted by Gasteiger charge is -2.18. The molecule has 0 radical (unpaired) electrons. The zero-order valence-electron chi connectivity index (χ0n) is 14.6. The van der Waals surface area contributed by atoms with Gasteiger partial charge in [0.1, 0.15) is 16.0 Å². The fourth-order valence-corrected chi connectivity index (χ4v) is 4.81. The molecular formula is C17H20N4O2S2. The minimum absolute atomic E-state index is 0.170. The highest BCUT2D eigenvalue weighted by Gasteiger charge is 2.22. The van der Waals surface area contributed by atoms with E-state index in [4.69, 9.17) is 0 Å². The van der Waals surface area contributed by atoms with Gasteiger partial charge < -0.3 is 0 Å². The van der Waals surface area contributed by atoms with Crippen LogP contribution < -0.4 is 0 Å². The third kappa shape index (κ3) is 4.18. The van der Waals surface area contributed by atoms with Gasteiger partial charge in [-0.3, -0.25) is 4.98 Å². The standard InChI is InChI=1S/C17H20N4O2S2/c1-5-21(6-2)25(22,23)14-7-8-17(19-11-14)24-16-9-12(3)20-13(4)15(16)10-18/h7-9,11H,5-6H2,1-4H3. The second-order valence-corrected chi connectivity index (χ2v) is 8.36. The van der Waals surface area contributed by atoms with Gasteiger partial charge in [-0.25, -0.2) is 13.4 Å². The largest absolute Gasteiger partial charge is 0.257 e. The van der Waals surface area contributed by atoms with Gasteiger partial charge in [0.05, 0.1) is 11.3 Å². The first-order chi connectivity index (χ1) is 11.8. The first-order valence-electron chi connectivity index (χ1n) is 7.85. The van der Waals surface area contributed by atoms with Gasteiger partial charge in [-0.05, 0) is 32.0 Å². The zero-order chi connectivity index (χ0) is 18.6. The molecule has 0 aliphatic heterocycles. The van der Waals surface area contributed by atoms with Crippen molar-refractivity contribution in [3.63, 3.8) is 0 Å². The Morgan fingerprint density at radius 2 is 1.92 bits per heavy atom. The van der Waals surface area contributed by atoms with E-state index in [0.717, 1.165) is 10.6 Å². The summed E-state index contributed by atoms with van der Waals surface area (Å²) in [5.74, 6) is 0. The number of aromatic nitrogens is 2. The van der Waals surface area contributed by atoms with Crippen molar-refractivity contribution in [3.05, 3.63) is 41.3 Å². The number of aryl methyl sites for hydroxylation is 2. The molecular weight excluding hydrogens is 356 g/mol. The summed E-state index contributed by atoms with van der Waals surface area (Å²) in [6.07, 6.45) is 1.36. The summed E-state index contributed by atoms with van der Waals surface area (Å²) in [6, 6.07) is 7.21. The van der Waals surface area contributed by atoms with E-state index in [1.165, 1.54) is 22.3 Å². The molecule has 0 saturated carbocycles. The molecule has 0 aromatic carbocycles. The Bertz CT molecular complexity index is 899. The van der Waals surface area contributed by atoms with Crippen LogP contribution >= 0.6 is 11.8 Å². The average Bonchev–Trinajstić information content (AvgIpc) is 2.56. The van der Waals surface area contributed by atoms with Gasteiger partial charge in [0.2, 0.25) is 10.0 Å². The Morgan fingerprint density at radius 1 is 1.24 bits per heavy atom. The highest BCUT2D eigenvalue weighted by molar-refractivity contribution is 7.99. The maximum Gasteiger partial charge on any atom is 0.244 e. The molecule has 0 atom stereocenters. The summed E-state index contributed by atoms with van der Waals surface area (Å²) in [6.45, 7) is 8.09. The molecule has 2 heterocycles. The van der Waals surface area contributed by atoms with Crippen LogP contribution in [0.15, 0.2) is 39.2 Å². The second-order valence-electron chi connectivity index (χ2n) is 5.36. The molecule has 0 bridgehead atoms. The number of nitrogens with zero attached hydrogens (tertiary/aromatic N) is 4. The highest BCUT2D eigenvalue weighted by atomic mass is 32.2. The summed E-state index contributed by atoms with van der Waals surface area (Å²) >= 11 is 1.32. The van der Waals surface area contributed by atoms with Crippen LogP contribution in [0.3, 0.4) is 0 Å². The predicted octanol–water partition coefficient (Wildman–Crippen LogP) is 3.15. The number of rotatable bonds is 6. The molecule has 0 saturated heterocycles. The van der Waals surface area contributed by atoms with E-state index in [-0.39, 0.29) is 4.90 Å². The molecule has 0 fully saturated rings. The van der Waals surface area contributed by atoms with Gasteiger partial charge in [0.15, 0.2) is 0 Å². The van der Waals surface area contributed by atoms with Crippen molar-refractivity contribution < 1.29 is 8.42 Å². The maximum atomic E-state index is 12.5. The van der Waals surface area contributed by atoms with E-state index in [0.29, 0.717) is 29.4 Å². The first kappa shape index (κ1) is 19.4. The van der Waals surface area contributed by atoms with Gasteiger partial charge in [-0.1, -0.05) is 25.6 Å². The number of sulfonamides is 1. The first-order valence-corrected chi connectivity index (χ1v) is 10.1. The van der Waals surface area contributed by atoms with Crippen molar-refractivity contribution in [1.29, 1.82) is 5.26 Å². The SMILES string of the molecule is CCN(CC)S(=O)(=O)c1ccc(Sc2cc(C)nc(C)c2C#N)nc1. The Kier molecular flexibility index (Phi) is 6.16. The minimum Gasteiger partial charge on any atom is -0.257 e. The molecule has 0 aliphatic carbocycles. The second kappa shape index (κ2) is 7.95. The molecule has 2 rings (SSSR count). The molecule has 0 amide bonds. The summed E-state index contributed by atoms with van der Waals surface area (Å²) in [4.78, 5) is 9.48. The summed E-state index contributed by atoms with van der Waals surface area (Å²) in [5.41, 5.74) is 2.00. The summed E-state index contributed by atoms with van der Waals surface area (Å²) in [5, 5.41) is 9.95. The van der Waals surface area contributed by atoms with Crippen LogP contribution in [0.2, 0.25) is 0 Å². The van der Waals surface area contributed by atoms with Crippen molar-refractivity contribution in [2.24, 2.45) is 0 Å². The van der Waals surface area contributed by atoms with Crippen molar-refractivity contribution in [2.45, 2.75) is 42.5 Å². The fraction of sp³-hybridized carbons (Fsp3) is 0.353. The Balaban J connectivity index is 2.33. The topological polar surface area (TPSA) is 87.0 Å². The molecule has 2 aromatic rings. The van der Waals surface area contributed by atoms with Crippen LogP contribution in [0.25, 0.3) is 0 Å². The van der Waals surface area contributed by atoms with E-state index >= 15 is 0 Å².